The summed E-state index contributed by atoms with van der Waals surface area (Å²) in [5.41, 5.74) is 1.93. The Morgan fingerprint density at radius 2 is 1.72 bits per heavy atom. The maximum Gasteiger partial charge on any atom is 0.411 e. The van der Waals surface area contributed by atoms with Gasteiger partial charge in [-0.1, -0.05) is 60.7 Å². The molecule has 6 atom stereocenters. The molecule has 0 radical (unpaired) electrons. The van der Waals surface area contributed by atoms with Gasteiger partial charge in [0.05, 0.1) is 6.61 Å². The van der Waals surface area contributed by atoms with Crippen LogP contribution < -0.4 is 0 Å². The lowest BCUT2D eigenvalue weighted by Crippen LogP contribution is -2.63. The van der Waals surface area contributed by atoms with Crippen LogP contribution in [0.4, 0.5) is 4.79 Å². The minimum Gasteiger partial charge on any atom is -0.441 e. The quantitative estimate of drug-likeness (QED) is 0.791. The first kappa shape index (κ1) is 18.6. The number of nitrogens with zero attached hydrogens (tertiary/aromatic N) is 1. The first-order valence-electron chi connectivity index (χ1n) is 9.76. The smallest absolute Gasteiger partial charge is 0.411 e. The molecule has 0 aromatic heterocycles. The lowest BCUT2D eigenvalue weighted by Gasteiger charge is -2.46. The molecule has 2 aromatic rings. The van der Waals surface area contributed by atoms with Gasteiger partial charge in [0.25, 0.3) is 0 Å². The predicted octanol–water partition coefficient (Wildman–Crippen LogP) is 2.86. The van der Waals surface area contributed by atoms with Crippen LogP contribution in [0.25, 0.3) is 0 Å². The van der Waals surface area contributed by atoms with Crippen molar-refractivity contribution in [2.75, 3.05) is 13.7 Å². The van der Waals surface area contributed by atoms with E-state index < -0.39 is 30.8 Å². The van der Waals surface area contributed by atoms with Gasteiger partial charge < -0.3 is 23.7 Å². The second-order valence-electron chi connectivity index (χ2n) is 7.41. The molecule has 152 valence electrons. The molecule has 0 N–H and O–H groups in total. The van der Waals surface area contributed by atoms with Crippen molar-refractivity contribution in [1.82, 2.24) is 4.90 Å². The van der Waals surface area contributed by atoms with Crippen molar-refractivity contribution >= 4 is 6.09 Å². The molecular weight excluding hydrogens is 374 g/mol. The number of carbonyl (C=O) groups excluding carboxylic acids is 1. The van der Waals surface area contributed by atoms with Crippen LogP contribution in [0.2, 0.25) is 0 Å². The molecule has 3 aliphatic heterocycles. The monoisotopic (exact) mass is 397 g/mol. The van der Waals surface area contributed by atoms with Gasteiger partial charge in [0.2, 0.25) is 0 Å². The van der Waals surface area contributed by atoms with Crippen molar-refractivity contribution in [3.8, 4) is 0 Å². The molecule has 7 nitrogen and oxygen atoms in total. The molecule has 7 heteroatoms. The number of benzene rings is 2. The third kappa shape index (κ3) is 3.40. The van der Waals surface area contributed by atoms with Crippen molar-refractivity contribution in [1.29, 1.82) is 0 Å². The fourth-order valence-electron chi connectivity index (χ4n) is 4.25. The molecule has 6 unspecified atom stereocenters. The fourth-order valence-corrected chi connectivity index (χ4v) is 4.25. The van der Waals surface area contributed by atoms with Gasteiger partial charge in [-0.3, -0.25) is 4.90 Å². The van der Waals surface area contributed by atoms with Crippen molar-refractivity contribution in [2.24, 2.45) is 0 Å². The maximum atomic E-state index is 12.7. The molecule has 3 aliphatic rings. The maximum absolute atomic E-state index is 12.7. The summed E-state index contributed by atoms with van der Waals surface area (Å²) in [6.07, 6.45) is -2.83. The van der Waals surface area contributed by atoms with E-state index in [1.807, 2.05) is 60.7 Å². The molecule has 3 saturated heterocycles. The number of methoxy groups -OCH3 is 1. The third-order valence-corrected chi connectivity index (χ3v) is 5.64. The van der Waals surface area contributed by atoms with Crippen molar-refractivity contribution in [3.05, 3.63) is 71.8 Å². The molecule has 3 heterocycles. The number of rotatable bonds is 4. The summed E-state index contributed by atoms with van der Waals surface area (Å²) in [6, 6.07) is 19.1. The van der Waals surface area contributed by atoms with Crippen LogP contribution in [0.1, 0.15) is 17.4 Å². The Labute approximate surface area is 169 Å². The molecular formula is C22H23NO6. The first-order valence-corrected chi connectivity index (χ1v) is 9.76. The summed E-state index contributed by atoms with van der Waals surface area (Å²) in [5, 5.41) is 0. The van der Waals surface area contributed by atoms with Gasteiger partial charge in [0.15, 0.2) is 18.7 Å². The lowest BCUT2D eigenvalue weighted by molar-refractivity contribution is -0.338. The number of hydrogen-bond donors (Lipinski definition) is 0. The minimum absolute atomic E-state index is 0.337. The van der Waals surface area contributed by atoms with E-state index in [-0.39, 0.29) is 12.2 Å². The number of hydrogen-bond acceptors (Lipinski definition) is 6. The molecule has 29 heavy (non-hydrogen) atoms. The topological polar surface area (TPSA) is 66.5 Å². The third-order valence-electron chi connectivity index (χ3n) is 5.64. The standard InChI is InChI=1S/C22H23NO6/c1-25-21-17-19(29-22(24)23(17)12-14-8-4-2-5-9-14)18-16(27-21)13-26-20(28-18)15-10-6-3-7-11-15/h2-11,16-21H,12-13H2,1H3. The summed E-state index contributed by atoms with van der Waals surface area (Å²) in [5.74, 6) is 0. The number of ether oxygens (including phenoxy) is 5. The Balaban J connectivity index is 1.40. The molecule has 5 rings (SSSR count). The van der Waals surface area contributed by atoms with E-state index in [1.165, 1.54) is 0 Å². The van der Waals surface area contributed by atoms with E-state index in [4.69, 9.17) is 23.7 Å². The highest BCUT2D eigenvalue weighted by Gasteiger charge is 2.58. The van der Waals surface area contributed by atoms with Crippen molar-refractivity contribution in [3.63, 3.8) is 0 Å². The molecule has 0 bridgehead atoms. The van der Waals surface area contributed by atoms with Crippen LogP contribution in [0, 0.1) is 0 Å². The Morgan fingerprint density at radius 3 is 2.45 bits per heavy atom. The highest BCUT2D eigenvalue weighted by Crippen LogP contribution is 2.40. The molecule has 2 aromatic carbocycles. The van der Waals surface area contributed by atoms with Gasteiger partial charge >= 0.3 is 6.09 Å². The normalized spacial score (nSPS) is 33.7. The minimum atomic E-state index is -0.614. The molecule has 0 spiro atoms. The zero-order valence-electron chi connectivity index (χ0n) is 16.0. The van der Waals surface area contributed by atoms with E-state index in [0.29, 0.717) is 13.2 Å². The Morgan fingerprint density at radius 1 is 1.00 bits per heavy atom. The van der Waals surface area contributed by atoms with Gasteiger partial charge in [-0.25, -0.2) is 4.79 Å². The van der Waals surface area contributed by atoms with Crippen LogP contribution in [0.3, 0.4) is 0 Å². The van der Waals surface area contributed by atoms with Crippen molar-refractivity contribution in [2.45, 2.75) is 43.5 Å². The highest BCUT2D eigenvalue weighted by atomic mass is 16.8. The summed E-state index contributed by atoms with van der Waals surface area (Å²) >= 11 is 0. The second-order valence-corrected chi connectivity index (χ2v) is 7.41. The zero-order valence-corrected chi connectivity index (χ0v) is 16.0. The van der Waals surface area contributed by atoms with E-state index in [2.05, 4.69) is 0 Å². The van der Waals surface area contributed by atoms with E-state index in [1.54, 1.807) is 12.0 Å². The summed E-state index contributed by atoms with van der Waals surface area (Å²) < 4.78 is 29.6. The molecule has 0 saturated carbocycles. The average Bonchev–Trinajstić information content (AvgIpc) is 3.10. The van der Waals surface area contributed by atoms with Gasteiger partial charge in [-0.2, -0.15) is 0 Å². The van der Waals surface area contributed by atoms with Gasteiger partial charge in [-0.15, -0.1) is 0 Å². The molecule has 1 amide bonds. The fraction of sp³-hybridized carbons (Fsp3) is 0.409. The number of carbonyl (C=O) groups is 1. The Kier molecular flexibility index (Phi) is 4.97. The molecule has 0 aliphatic carbocycles. The SMILES string of the molecule is COC1OC2COC(c3ccccc3)OC2C2OC(=O)N(Cc3ccccc3)C12. The largest absolute Gasteiger partial charge is 0.441 e. The van der Waals surface area contributed by atoms with Gasteiger partial charge in [0.1, 0.15) is 18.2 Å². The number of fused-ring (bicyclic) bond motifs is 3. The zero-order chi connectivity index (χ0) is 19.8. The van der Waals surface area contributed by atoms with E-state index in [9.17, 15) is 4.79 Å². The Hall–Kier alpha value is -2.45. The lowest BCUT2D eigenvalue weighted by atomic mass is 9.95. The van der Waals surface area contributed by atoms with Gasteiger partial charge in [-0.05, 0) is 5.56 Å². The van der Waals surface area contributed by atoms with Crippen LogP contribution in [0.5, 0.6) is 0 Å². The van der Waals surface area contributed by atoms with E-state index in [0.717, 1.165) is 11.1 Å². The highest BCUT2D eigenvalue weighted by molar-refractivity contribution is 5.71. The van der Waals surface area contributed by atoms with Crippen LogP contribution in [0.15, 0.2) is 60.7 Å². The summed E-state index contributed by atoms with van der Waals surface area (Å²) in [6.45, 7) is 0.754. The molecule has 3 fully saturated rings. The summed E-state index contributed by atoms with van der Waals surface area (Å²) in [7, 11) is 1.57. The van der Waals surface area contributed by atoms with Crippen molar-refractivity contribution < 1.29 is 28.5 Å². The first-order chi connectivity index (χ1) is 14.2. The van der Waals surface area contributed by atoms with E-state index >= 15 is 0 Å². The van der Waals surface area contributed by atoms with Gasteiger partial charge in [0, 0.05) is 19.2 Å². The Bertz CT molecular complexity index is 847. The van der Waals surface area contributed by atoms with Crippen LogP contribution in [-0.2, 0) is 30.2 Å². The van der Waals surface area contributed by atoms with Crippen LogP contribution >= 0.6 is 0 Å². The van der Waals surface area contributed by atoms with Crippen LogP contribution in [-0.4, -0.2) is 55.4 Å². The predicted molar refractivity (Wildman–Crippen MR) is 102 cm³/mol. The average molecular weight is 397 g/mol. The second kappa shape index (κ2) is 7.76. The number of amides is 1. The summed E-state index contributed by atoms with van der Waals surface area (Å²) in [4.78, 5) is 14.4.